The first-order valence-corrected chi connectivity index (χ1v) is 9.77. The Morgan fingerprint density at radius 3 is 2.42 bits per heavy atom. The minimum Gasteiger partial charge on any atom is -0.507 e. The van der Waals surface area contributed by atoms with Crippen molar-refractivity contribution >= 4 is 23.1 Å². The number of nitro groups is 1. The summed E-state index contributed by atoms with van der Waals surface area (Å²) in [5.41, 5.74) is 0.295. The Hall–Kier alpha value is -3.59. The van der Waals surface area contributed by atoms with Crippen LogP contribution in [0.4, 0.5) is 10.1 Å². The number of aliphatic hydroxyl groups is 1. The molecule has 2 saturated heterocycles. The Balaban J connectivity index is 1.80. The number of ether oxygens (including phenoxy) is 1. The van der Waals surface area contributed by atoms with Gasteiger partial charge in [0, 0.05) is 30.8 Å². The maximum absolute atomic E-state index is 13.5. The van der Waals surface area contributed by atoms with Crippen molar-refractivity contribution in [1.82, 2.24) is 4.90 Å². The second-order valence-corrected chi connectivity index (χ2v) is 7.44. The van der Waals surface area contributed by atoms with Crippen LogP contribution < -0.4 is 0 Å². The summed E-state index contributed by atoms with van der Waals surface area (Å²) in [6.45, 7) is 0.724. The minimum atomic E-state index is -0.931. The van der Waals surface area contributed by atoms with E-state index >= 15 is 0 Å². The highest BCUT2D eigenvalue weighted by atomic mass is 19.1. The zero-order chi connectivity index (χ0) is 22.1. The van der Waals surface area contributed by atoms with Crippen LogP contribution in [-0.4, -0.2) is 45.9 Å². The lowest BCUT2D eigenvalue weighted by molar-refractivity contribution is -0.384. The van der Waals surface area contributed by atoms with Gasteiger partial charge in [-0.1, -0.05) is 12.1 Å². The molecule has 2 fully saturated rings. The number of hydrogen-bond acceptors (Lipinski definition) is 6. The van der Waals surface area contributed by atoms with E-state index in [2.05, 4.69) is 0 Å². The SMILES string of the molecule is O=C1C(=O)N(CC2CCCO2)C(c2ccc(F)cc2)/C1=C(/O)c1ccc([N+](=O)[O-])cc1. The number of benzene rings is 2. The summed E-state index contributed by atoms with van der Waals surface area (Å²) in [4.78, 5) is 37.4. The predicted octanol–water partition coefficient (Wildman–Crippen LogP) is 3.33. The zero-order valence-corrected chi connectivity index (χ0v) is 16.4. The number of hydrogen-bond donors (Lipinski definition) is 1. The van der Waals surface area contributed by atoms with Gasteiger partial charge in [-0.05, 0) is 42.7 Å². The molecule has 9 heteroatoms. The Bertz CT molecular complexity index is 1060. The van der Waals surface area contributed by atoms with E-state index in [-0.39, 0.29) is 29.5 Å². The van der Waals surface area contributed by atoms with Crippen molar-refractivity contribution in [3.8, 4) is 0 Å². The van der Waals surface area contributed by atoms with E-state index in [0.717, 1.165) is 12.8 Å². The van der Waals surface area contributed by atoms with Crippen LogP contribution in [0.1, 0.15) is 30.0 Å². The first kappa shape index (κ1) is 20.7. The molecule has 2 atom stereocenters. The molecule has 0 aliphatic carbocycles. The minimum absolute atomic E-state index is 0.150. The number of carbonyl (C=O) groups is 2. The van der Waals surface area contributed by atoms with Crippen LogP contribution in [0.25, 0.3) is 5.76 Å². The lowest BCUT2D eigenvalue weighted by Gasteiger charge is -2.27. The number of carbonyl (C=O) groups excluding carboxylic acids is 2. The topological polar surface area (TPSA) is 110 Å². The quantitative estimate of drug-likeness (QED) is 0.258. The van der Waals surface area contributed by atoms with E-state index in [1.165, 1.54) is 53.4 Å². The van der Waals surface area contributed by atoms with Crippen molar-refractivity contribution in [1.29, 1.82) is 0 Å². The molecule has 1 N–H and O–H groups in total. The van der Waals surface area contributed by atoms with Crippen LogP contribution in [0.5, 0.6) is 0 Å². The molecule has 31 heavy (non-hydrogen) atoms. The molecule has 0 saturated carbocycles. The third-order valence-electron chi connectivity index (χ3n) is 5.50. The summed E-state index contributed by atoms with van der Waals surface area (Å²) in [7, 11) is 0. The smallest absolute Gasteiger partial charge is 0.295 e. The maximum atomic E-state index is 13.5. The molecule has 2 aliphatic rings. The first-order valence-electron chi connectivity index (χ1n) is 9.77. The van der Waals surface area contributed by atoms with Crippen molar-refractivity contribution in [3.05, 3.63) is 81.2 Å². The van der Waals surface area contributed by atoms with Gasteiger partial charge in [0.1, 0.15) is 11.6 Å². The maximum Gasteiger partial charge on any atom is 0.295 e. The third kappa shape index (κ3) is 3.91. The van der Waals surface area contributed by atoms with Gasteiger partial charge in [-0.3, -0.25) is 19.7 Å². The molecule has 2 aromatic carbocycles. The van der Waals surface area contributed by atoms with Crippen molar-refractivity contribution in [3.63, 3.8) is 0 Å². The van der Waals surface area contributed by atoms with E-state index < -0.39 is 34.2 Å². The summed E-state index contributed by atoms with van der Waals surface area (Å²) in [6.07, 6.45) is 1.35. The summed E-state index contributed by atoms with van der Waals surface area (Å²) in [5, 5.41) is 21.8. The molecule has 1 amide bonds. The fourth-order valence-corrected chi connectivity index (χ4v) is 3.96. The van der Waals surface area contributed by atoms with E-state index in [0.29, 0.717) is 12.2 Å². The number of nitro benzene ring substituents is 1. The van der Waals surface area contributed by atoms with Crippen LogP contribution in [0, 0.1) is 15.9 Å². The fourth-order valence-electron chi connectivity index (χ4n) is 3.96. The van der Waals surface area contributed by atoms with Gasteiger partial charge in [0.15, 0.2) is 0 Å². The van der Waals surface area contributed by atoms with Crippen molar-refractivity contribution in [2.45, 2.75) is 25.0 Å². The van der Waals surface area contributed by atoms with Gasteiger partial charge < -0.3 is 14.7 Å². The number of aliphatic hydroxyl groups excluding tert-OH is 1. The predicted molar refractivity (Wildman–Crippen MR) is 107 cm³/mol. The molecule has 0 spiro atoms. The third-order valence-corrected chi connectivity index (χ3v) is 5.50. The van der Waals surface area contributed by atoms with Gasteiger partial charge in [-0.25, -0.2) is 4.39 Å². The number of ketones is 1. The van der Waals surface area contributed by atoms with E-state index in [4.69, 9.17) is 4.74 Å². The molecular weight excluding hydrogens is 407 g/mol. The van der Waals surface area contributed by atoms with Crippen LogP contribution in [0.2, 0.25) is 0 Å². The van der Waals surface area contributed by atoms with Crippen LogP contribution >= 0.6 is 0 Å². The van der Waals surface area contributed by atoms with Gasteiger partial charge in [-0.15, -0.1) is 0 Å². The van der Waals surface area contributed by atoms with Gasteiger partial charge in [0.25, 0.3) is 17.4 Å². The normalized spacial score (nSPS) is 22.8. The molecule has 8 nitrogen and oxygen atoms in total. The van der Waals surface area contributed by atoms with Gasteiger partial charge >= 0.3 is 0 Å². The number of likely N-dealkylation sites (tertiary alicyclic amines) is 1. The first-order chi connectivity index (χ1) is 14.9. The monoisotopic (exact) mass is 426 g/mol. The molecular formula is C22H19FN2O6. The zero-order valence-electron chi connectivity index (χ0n) is 16.4. The molecule has 4 rings (SSSR count). The van der Waals surface area contributed by atoms with Crippen LogP contribution in [-0.2, 0) is 14.3 Å². The Morgan fingerprint density at radius 2 is 1.84 bits per heavy atom. The highest BCUT2D eigenvalue weighted by molar-refractivity contribution is 6.46. The van der Waals surface area contributed by atoms with Crippen LogP contribution in [0.3, 0.4) is 0 Å². The summed E-state index contributed by atoms with van der Waals surface area (Å²) < 4.78 is 19.1. The fraction of sp³-hybridized carbons (Fsp3) is 0.273. The van der Waals surface area contributed by atoms with Crippen molar-refractivity contribution in [2.75, 3.05) is 13.2 Å². The number of amides is 1. The van der Waals surface area contributed by atoms with Crippen LogP contribution in [0.15, 0.2) is 54.1 Å². The second kappa shape index (κ2) is 8.27. The van der Waals surface area contributed by atoms with Gasteiger partial charge in [-0.2, -0.15) is 0 Å². The number of non-ortho nitro benzene ring substituents is 1. The number of rotatable bonds is 5. The molecule has 2 heterocycles. The van der Waals surface area contributed by atoms with Crippen molar-refractivity contribution < 1.29 is 28.7 Å². The lowest BCUT2D eigenvalue weighted by atomic mass is 9.95. The number of nitrogens with zero attached hydrogens (tertiary/aromatic N) is 2. The molecule has 2 aliphatic heterocycles. The second-order valence-electron chi connectivity index (χ2n) is 7.44. The molecule has 0 radical (unpaired) electrons. The lowest BCUT2D eigenvalue weighted by Crippen LogP contribution is -2.36. The molecule has 0 bridgehead atoms. The molecule has 160 valence electrons. The summed E-state index contributed by atoms with van der Waals surface area (Å²) in [5.74, 6) is -2.58. The number of Topliss-reactive ketones (excluding diaryl/α,β-unsaturated/α-hetero) is 1. The number of halogens is 1. The highest BCUT2D eigenvalue weighted by Gasteiger charge is 2.47. The summed E-state index contributed by atoms with van der Waals surface area (Å²) >= 11 is 0. The Morgan fingerprint density at radius 1 is 1.16 bits per heavy atom. The standard InChI is InChI=1S/C22H19FN2O6/c23-15-7-3-13(4-8-15)19-18(20(26)14-5-9-16(10-6-14)25(29)30)21(27)22(28)24(19)12-17-2-1-11-31-17/h3-10,17,19,26H,1-2,11-12H2/b20-18-. The van der Waals surface area contributed by atoms with E-state index in [9.17, 15) is 29.2 Å². The summed E-state index contributed by atoms with van der Waals surface area (Å²) in [6, 6.07) is 9.43. The highest BCUT2D eigenvalue weighted by Crippen LogP contribution is 2.40. The van der Waals surface area contributed by atoms with Gasteiger partial charge in [0.2, 0.25) is 0 Å². The molecule has 0 aromatic heterocycles. The average Bonchev–Trinajstić information content (AvgIpc) is 3.36. The Labute approximate surface area is 176 Å². The largest absolute Gasteiger partial charge is 0.507 e. The Kier molecular flexibility index (Phi) is 5.51. The van der Waals surface area contributed by atoms with E-state index in [1.54, 1.807) is 0 Å². The van der Waals surface area contributed by atoms with Gasteiger partial charge in [0.05, 0.1) is 22.6 Å². The molecule has 2 unspecified atom stereocenters. The average molecular weight is 426 g/mol. The molecule has 2 aromatic rings. The van der Waals surface area contributed by atoms with E-state index in [1.807, 2.05) is 0 Å². The van der Waals surface area contributed by atoms with Crippen molar-refractivity contribution in [2.24, 2.45) is 0 Å².